The van der Waals surface area contributed by atoms with Crippen LogP contribution in [0.25, 0.3) is 0 Å². The van der Waals surface area contributed by atoms with Gasteiger partial charge < -0.3 is 15.0 Å². The van der Waals surface area contributed by atoms with Crippen LogP contribution >= 0.6 is 0 Å². The molecule has 0 aliphatic carbocycles. The number of fused-ring (bicyclic) bond motifs is 1. The number of pyridine rings is 1. The second kappa shape index (κ2) is 8.87. The van der Waals surface area contributed by atoms with E-state index < -0.39 is 27.5 Å². The van der Waals surface area contributed by atoms with E-state index in [-0.39, 0.29) is 18.7 Å². The molecule has 0 saturated carbocycles. The van der Waals surface area contributed by atoms with Gasteiger partial charge in [0.25, 0.3) is 5.91 Å². The number of esters is 1. The van der Waals surface area contributed by atoms with Crippen LogP contribution in [0.2, 0.25) is 0 Å². The third-order valence-electron chi connectivity index (χ3n) is 5.81. The van der Waals surface area contributed by atoms with Gasteiger partial charge in [-0.15, -0.1) is 0 Å². The molecule has 0 spiro atoms. The molecule has 2 aliphatic rings. The zero-order valence-electron chi connectivity index (χ0n) is 17.9. The Kier molecular flexibility index (Phi) is 6.16. The number of cyclic esters (lactones) is 1. The Hall–Kier alpha value is -2.98. The van der Waals surface area contributed by atoms with Gasteiger partial charge in [-0.1, -0.05) is 24.3 Å². The number of hydrogen-bond acceptors (Lipinski definition) is 7. The van der Waals surface area contributed by atoms with E-state index in [1.54, 1.807) is 37.4 Å². The first-order chi connectivity index (χ1) is 15.3. The number of nitrogens with zero attached hydrogens (tertiary/aromatic N) is 3. The predicted octanol–water partition coefficient (Wildman–Crippen LogP) is 0.821. The molecule has 1 saturated heterocycles. The summed E-state index contributed by atoms with van der Waals surface area (Å²) < 4.78 is 32.3. The van der Waals surface area contributed by atoms with Crippen molar-refractivity contribution in [2.45, 2.75) is 18.9 Å². The molecule has 2 aromatic rings. The Morgan fingerprint density at radius 2 is 1.84 bits per heavy atom. The number of carbonyl (C=O) groups is 2. The number of benzene rings is 1. The van der Waals surface area contributed by atoms with Crippen molar-refractivity contribution in [1.82, 2.24) is 14.6 Å². The lowest BCUT2D eigenvalue weighted by Gasteiger charge is -2.35. The first kappa shape index (κ1) is 22.2. The van der Waals surface area contributed by atoms with Gasteiger partial charge in [0.05, 0.1) is 11.3 Å². The Labute approximate surface area is 187 Å². The summed E-state index contributed by atoms with van der Waals surface area (Å²) in [5, 5.41) is 2.63. The van der Waals surface area contributed by atoms with Crippen LogP contribution in [0.15, 0.2) is 48.7 Å². The van der Waals surface area contributed by atoms with Crippen molar-refractivity contribution in [3.8, 4) is 0 Å². The van der Waals surface area contributed by atoms with Crippen LogP contribution in [0.5, 0.6) is 0 Å². The third kappa shape index (κ3) is 4.61. The van der Waals surface area contributed by atoms with Crippen LogP contribution in [0.4, 0.5) is 5.82 Å². The summed E-state index contributed by atoms with van der Waals surface area (Å²) in [6.07, 6.45) is 1.95. The highest BCUT2D eigenvalue weighted by atomic mass is 32.2. The van der Waals surface area contributed by atoms with E-state index >= 15 is 0 Å². The predicted molar refractivity (Wildman–Crippen MR) is 119 cm³/mol. The largest absolute Gasteiger partial charge is 0.445 e. The summed E-state index contributed by atoms with van der Waals surface area (Å²) in [5.74, 6) is -0.449. The van der Waals surface area contributed by atoms with Gasteiger partial charge in [-0.05, 0) is 30.7 Å². The molecule has 3 heterocycles. The fraction of sp³-hybridized carbons (Fsp3) is 0.409. The van der Waals surface area contributed by atoms with Gasteiger partial charge in [0.2, 0.25) is 10.0 Å². The molecule has 2 aliphatic heterocycles. The van der Waals surface area contributed by atoms with E-state index in [0.29, 0.717) is 31.7 Å². The third-order valence-corrected chi connectivity index (χ3v) is 7.69. The van der Waals surface area contributed by atoms with Crippen LogP contribution in [0.3, 0.4) is 0 Å². The minimum atomic E-state index is -3.53. The Bertz CT molecular complexity index is 1100. The lowest BCUT2D eigenvalue weighted by atomic mass is 9.89. The molecule has 170 valence electrons. The van der Waals surface area contributed by atoms with E-state index in [1.165, 1.54) is 4.31 Å². The lowest BCUT2D eigenvalue weighted by Crippen LogP contribution is -2.53. The fourth-order valence-electron chi connectivity index (χ4n) is 4.01. The van der Waals surface area contributed by atoms with Crippen molar-refractivity contribution in [3.05, 3.63) is 59.8 Å². The Balaban J connectivity index is 1.29. The molecule has 9 nitrogen and oxygen atoms in total. The van der Waals surface area contributed by atoms with Crippen molar-refractivity contribution >= 4 is 27.7 Å². The number of rotatable bonds is 6. The summed E-state index contributed by atoms with van der Waals surface area (Å²) in [6.45, 7) is 3.31. The maximum atomic E-state index is 12.7. The maximum absolute atomic E-state index is 12.7. The number of aromatic nitrogens is 1. The molecule has 1 aromatic carbocycles. The summed E-state index contributed by atoms with van der Waals surface area (Å²) in [4.78, 5) is 31.3. The van der Waals surface area contributed by atoms with Gasteiger partial charge in [0.1, 0.15) is 5.82 Å². The summed E-state index contributed by atoms with van der Waals surface area (Å²) in [7, 11) is -3.53. The molecule has 4 rings (SSSR count). The zero-order valence-corrected chi connectivity index (χ0v) is 18.7. The molecule has 10 heteroatoms. The highest BCUT2D eigenvalue weighted by Gasteiger charge is 2.42. The smallest absolute Gasteiger partial charge is 0.339 e. The minimum absolute atomic E-state index is 0.0591. The molecule has 1 amide bonds. The fourth-order valence-corrected chi connectivity index (χ4v) is 5.34. The van der Waals surface area contributed by atoms with Crippen molar-refractivity contribution in [2.75, 3.05) is 43.4 Å². The van der Waals surface area contributed by atoms with Crippen molar-refractivity contribution in [2.24, 2.45) is 0 Å². The van der Waals surface area contributed by atoms with E-state index in [0.717, 1.165) is 11.4 Å². The molecule has 1 atom stereocenters. The monoisotopic (exact) mass is 458 g/mol. The number of ether oxygens (including phenoxy) is 1. The summed E-state index contributed by atoms with van der Waals surface area (Å²) in [5.41, 5.74) is -0.186. The first-order valence-corrected chi connectivity index (χ1v) is 12.1. The first-order valence-electron chi connectivity index (χ1n) is 10.5. The standard InChI is InChI=1S/C22H26N4O5S/c1-22(16-17-6-2-3-7-18(17)20(27)31-22)21(28)24-10-15-32(29,30)26-13-11-25(12-14-26)19-8-4-5-9-23-19/h2-9H,10-16H2,1H3,(H,24,28). The number of nitrogens with one attached hydrogen (secondary N) is 1. The summed E-state index contributed by atoms with van der Waals surface area (Å²) >= 11 is 0. The Morgan fingerprint density at radius 1 is 1.12 bits per heavy atom. The lowest BCUT2D eigenvalue weighted by molar-refractivity contribution is -0.139. The van der Waals surface area contributed by atoms with Crippen LogP contribution in [0.1, 0.15) is 22.8 Å². The average Bonchev–Trinajstić information content (AvgIpc) is 2.79. The van der Waals surface area contributed by atoms with Crippen LogP contribution in [-0.2, 0) is 26.0 Å². The van der Waals surface area contributed by atoms with E-state index in [9.17, 15) is 18.0 Å². The van der Waals surface area contributed by atoms with Crippen molar-refractivity contribution < 1.29 is 22.7 Å². The molecule has 32 heavy (non-hydrogen) atoms. The average molecular weight is 459 g/mol. The van der Waals surface area contributed by atoms with Gasteiger partial charge in [0, 0.05) is 45.3 Å². The number of hydrogen-bond donors (Lipinski definition) is 1. The molecule has 1 N–H and O–H groups in total. The van der Waals surface area contributed by atoms with Gasteiger partial charge in [-0.3, -0.25) is 4.79 Å². The molecule has 1 fully saturated rings. The molecule has 1 aromatic heterocycles. The topological polar surface area (TPSA) is 109 Å². The number of sulfonamides is 1. The van der Waals surface area contributed by atoms with Crippen LogP contribution < -0.4 is 10.2 Å². The van der Waals surface area contributed by atoms with Crippen LogP contribution in [0, 0.1) is 0 Å². The van der Waals surface area contributed by atoms with Gasteiger partial charge in [-0.25, -0.2) is 18.2 Å². The normalized spacial score (nSPS) is 21.5. The molecule has 1 unspecified atom stereocenters. The minimum Gasteiger partial charge on any atom is -0.445 e. The van der Waals surface area contributed by atoms with Crippen molar-refractivity contribution in [3.63, 3.8) is 0 Å². The van der Waals surface area contributed by atoms with E-state index in [2.05, 4.69) is 10.3 Å². The molecular weight excluding hydrogens is 432 g/mol. The van der Waals surface area contributed by atoms with Crippen LogP contribution in [-0.4, -0.2) is 73.7 Å². The maximum Gasteiger partial charge on any atom is 0.339 e. The van der Waals surface area contributed by atoms with Gasteiger partial charge >= 0.3 is 5.97 Å². The number of amides is 1. The van der Waals surface area contributed by atoms with Gasteiger partial charge in [0.15, 0.2) is 5.60 Å². The molecule has 0 bridgehead atoms. The zero-order chi connectivity index (χ0) is 22.8. The van der Waals surface area contributed by atoms with E-state index in [4.69, 9.17) is 4.74 Å². The highest BCUT2D eigenvalue weighted by molar-refractivity contribution is 7.89. The number of anilines is 1. The Morgan fingerprint density at radius 3 is 2.56 bits per heavy atom. The van der Waals surface area contributed by atoms with Gasteiger partial charge in [-0.2, -0.15) is 4.31 Å². The summed E-state index contributed by atoms with van der Waals surface area (Å²) in [6, 6.07) is 12.6. The molecule has 0 radical (unpaired) electrons. The molecular formula is C22H26N4O5S. The quantitative estimate of drug-likeness (QED) is 0.639. The number of piperazine rings is 1. The van der Waals surface area contributed by atoms with Crippen molar-refractivity contribution in [1.29, 1.82) is 0 Å². The SMILES string of the molecule is CC1(C(=O)NCCS(=O)(=O)N2CCN(c3ccccn3)CC2)Cc2ccccc2C(=O)O1. The second-order valence-electron chi connectivity index (χ2n) is 8.10. The van der Waals surface area contributed by atoms with E-state index in [1.807, 2.05) is 23.1 Å². The second-order valence-corrected chi connectivity index (χ2v) is 10.2. The highest BCUT2D eigenvalue weighted by Crippen LogP contribution is 2.28. The number of carbonyl (C=O) groups excluding carboxylic acids is 2.